The molecule has 0 unspecified atom stereocenters. The van der Waals surface area contributed by atoms with Crippen LogP contribution in [0.4, 0.5) is 0 Å². The van der Waals surface area contributed by atoms with E-state index >= 15 is 0 Å². The van der Waals surface area contributed by atoms with Crippen molar-refractivity contribution in [2.45, 2.75) is 152 Å². The van der Waals surface area contributed by atoms with E-state index in [1.807, 2.05) is 0 Å². The van der Waals surface area contributed by atoms with E-state index in [2.05, 4.69) is 22.7 Å². The van der Waals surface area contributed by atoms with Crippen molar-refractivity contribution in [1.82, 2.24) is 0 Å². The van der Waals surface area contributed by atoms with Gasteiger partial charge in [0.25, 0.3) is 0 Å². The summed E-state index contributed by atoms with van der Waals surface area (Å²) in [5.41, 5.74) is 0. The number of carbonyl (C=O) groups excluding carboxylic acids is 2. The molecule has 209 valence electrons. The molecule has 0 rings (SSSR count). The summed E-state index contributed by atoms with van der Waals surface area (Å²) in [5.74, 6) is -1.99. The molecule has 1 radical (unpaired) electrons. The van der Waals surface area contributed by atoms with E-state index in [9.17, 15) is 9.90 Å². The summed E-state index contributed by atoms with van der Waals surface area (Å²) in [7, 11) is 0. The minimum atomic E-state index is -1.08. The van der Waals surface area contributed by atoms with Crippen molar-refractivity contribution in [1.29, 1.82) is 0 Å². The van der Waals surface area contributed by atoms with Crippen molar-refractivity contribution in [2.75, 3.05) is 0 Å². The molecule has 0 aliphatic rings. The van der Waals surface area contributed by atoms with Gasteiger partial charge in [0.1, 0.15) is 0 Å². The predicted octanol–water partition coefficient (Wildman–Crippen LogP) is 7.07. The van der Waals surface area contributed by atoms with Crippen LogP contribution in [-0.2, 0) is 42.1 Å². The average Bonchev–Trinajstić information content (AvgIpc) is 2.74. The molecule has 0 spiro atoms. The van der Waals surface area contributed by atoms with Crippen LogP contribution >= 0.6 is 23.2 Å². The fraction of sp³-hybridized carbons (Fsp3) is 0.923. The van der Waals surface area contributed by atoms with E-state index < -0.39 is 11.9 Å². The van der Waals surface area contributed by atoms with Crippen LogP contribution in [0.3, 0.4) is 0 Å². The number of halogens is 2. The molecule has 0 aromatic rings. The largest absolute Gasteiger partial charge is 2.00 e. The topological polar surface area (TPSA) is 80.3 Å². The van der Waals surface area contributed by atoms with Crippen LogP contribution in [0.2, 0.25) is 5.36 Å². The molecular formula is C26H49Cl2Co2O4. The fourth-order valence-corrected chi connectivity index (χ4v) is 3.77. The molecule has 0 aliphatic heterocycles. The summed E-state index contributed by atoms with van der Waals surface area (Å²) >= 11 is 15.1. The second kappa shape index (κ2) is 38.1. The van der Waals surface area contributed by atoms with Crippen LogP contribution in [0.25, 0.3) is 0 Å². The molecule has 0 fully saturated rings. The normalized spacial score (nSPS) is 9.97. The van der Waals surface area contributed by atoms with Gasteiger partial charge in [-0.25, -0.2) is 0 Å². The number of rotatable bonds is 21. The molecule has 34 heavy (non-hydrogen) atoms. The van der Waals surface area contributed by atoms with Gasteiger partial charge in [0, 0.05) is 11.9 Å². The first kappa shape index (κ1) is 41.7. The zero-order chi connectivity index (χ0) is 25.6. The van der Waals surface area contributed by atoms with Crippen molar-refractivity contribution in [2.24, 2.45) is 0 Å². The van der Waals surface area contributed by atoms with Gasteiger partial charge >= 0.3 is 91.6 Å². The van der Waals surface area contributed by atoms with E-state index in [-0.39, 0.29) is 28.0 Å². The first-order valence-corrected chi connectivity index (χ1v) is 14.6. The van der Waals surface area contributed by atoms with E-state index in [1.54, 1.807) is 0 Å². The first-order valence-electron chi connectivity index (χ1n) is 13.0. The summed E-state index contributed by atoms with van der Waals surface area (Å²) in [6, 6.07) is 0. The Morgan fingerprint density at radius 2 is 1.00 bits per heavy atom. The third kappa shape index (κ3) is 58.4. The summed E-state index contributed by atoms with van der Waals surface area (Å²) in [6.07, 6.45) is 24.3. The molecule has 8 heteroatoms. The Labute approximate surface area is 238 Å². The molecule has 0 aromatic heterocycles. The summed E-state index contributed by atoms with van der Waals surface area (Å²) in [6.45, 7) is 3.24. The fourth-order valence-electron chi connectivity index (χ4n) is 3.20. The molecule has 0 heterocycles. The number of alkyl halides is 2. The molecule has 0 saturated heterocycles. The number of hydrogen-bond donors (Lipinski definition) is 0. The van der Waals surface area contributed by atoms with E-state index in [4.69, 9.17) is 33.1 Å². The monoisotopic (exact) mass is 613 g/mol. The number of hydrogen-bond acceptors (Lipinski definition) is 4. The van der Waals surface area contributed by atoms with Crippen LogP contribution in [0.1, 0.15) is 142 Å². The average molecular weight is 614 g/mol. The van der Waals surface area contributed by atoms with Gasteiger partial charge in [0.15, 0.2) is 0 Å². The zero-order valence-electron chi connectivity index (χ0n) is 21.5. The SMILES string of the molecule is CC(=O)[O-].CCCCCCCCCCCCCCCCCC(=O)[O-].ClC(Cl)CCCC[CH2][Co].[Co+2]. The van der Waals surface area contributed by atoms with Crippen LogP contribution in [0, 0.1) is 0 Å². The number of unbranched alkanes of at least 4 members (excludes halogenated alkanes) is 16. The predicted molar refractivity (Wildman–Crippen MR) is 134 cm³/mol. The van der Waals surface area contributed by atoms with E-state index in [0.29, 0.717) is 0 Å². The second-order valence-electron chi connectivity index (χ2n) is 8.47. The van der Waals surface area contributed by atoms with Gasteiger partial charge in [-0.15, -0.1) is 0 Å². The number of carbonyl (C=O) groups is 2. The van der Waals surface area contributed by atoms with Crippen LogP contribution < -0.4 is 10.2 Å². The van der Waals surface area contributed by atoms with Crippen molar-refractivity contribution >= 4 is 35.1 Å². The second-order valence-corrected chi connectivity index (χ2v) is 10.3. The van der Waals surface area contributed by atoms with Crippen molar-refractivity contribution < 1.29 is 52.3 Å². The van der Waals surface area contributed by atoms with Gasteiger partial charge in [-0.2, -0.15) is 0 Å². The Balaban J connectivity index is -0.000000267. The van der Waals surface area contributed by atoms with Crippen LogP contribution in [-0.4, -0.2) is 16.8 Å². The van der Waals surface area contributed by atoms with Gasteiger partial charge < -0.3 is 19.8 Å². The number of carboxylic acid groups (broad SMARTS) is 2. The minimum Gasteiger partial charge on any atom is 2.00 e. The Kier molecular flexibility index (Phi) is 46.6. The maximum atomic E-state index is 10.2. The quantitative estimate of drug-likeness (QED) is 0.102. The summed E-state index contributed by atoms with van der Waals surface area (Å²) in [4.78, 5) is 18.9. The third-order valence-electron chi connectivity index (χ3n) is 5.02. The number of carboxylic acids is 2. The molecule has 0 bridgehead atoms. The molecule has 0 aromatic carbocycles. The molecule has 4 nitrogen and oxygen atoms in total. The van der Waals surface area contributed by atoms with E-state index in [0.717, 1.165) is 38.0 Å². The molecule has 0 N–H and O–H groups in total. The van der Waals surface area contributed by atoms with Gasteiger partial charge in [-0.1, -0.05) is 96.8 Å². The van der Waals surface area contributed by atoms with Gasteiger partial charge in [-0.05, 0) is 19.8 Å². The molecular weight excluding hydrogens is 565 g/mol. The third-order valence-corrected chi connectivity index (χ3v) is 5.83. The Bertz CT molecular complexity index is 397. The van der Waals surface area contributed by atoms with E-state index in [1.165, 1.54) is 96.3 Å². The summed E-state index contributed by atoms with van der Waals surface area (Å²) in [5, 5.41) is 20.1. The Morgan fingerprint density at radius 3 is 1.29 bits per heavy atom. The number of aliphatic carboxylic acids is 2. The van der Waals surface area contributed by atoms with Crippen molar-refractivity contribution in [3.8, 4) is 0 Å². The molecule has 0 aliphatic carbocycles. The van der Waals surface area contributed by atoms with Gasteiger partial charge in [0.05, 0.1) is 0 Å². The maximum Gasteiger partial charge on any atom is 2.00 e. The van der Waals surface area contributed by atoms with Crippen LogP contribution in [0.5, 0.6) is 0 Å². The smallest absolute Gasteiger partial charge is 2.00 e. The van der Waals surface area contributed by atoms with Crippen LogP contribution in [0.15, 0.2) is 0 Å². The van der Waals surface area contributed by atoms with Gasteiger partial charge in [-0.3, -0.25) is 0 Å². The molecule has 0 saturated carbocycles. The molecule has 0 amide bonds. The first-order chi connectivity index (χ1) is 15.8. The summed E-state index contributed by atoms with van der Waals surface area (Å²) < 4.78 is 0. The standard InChI is InChI=1S/C18H36O2.C6H11Cl2.C2H4O2.2Co/c1-2-3-4-5-6-7-8-9-10-11-12-13-14-15-16-17-18(19)20;1-2-3-4-5-6(7)8;1-2(3)4;;/h2-17H2,1H3,(H,19,20);6H,1-5H2;1H3,(H,3,4);;/q;;;;+2/p-2. The zero-order valence-corrected chi connectivity index (χ0v) is 25.1. The maximum absolute atomic E-state index is 10.2. The molecule has 0 atom stereocenters. The van der Waals surface area contributed by atoms with Gasteiger partial charge in [0.2, 0.25) is 0 Å². The minimum absolute atomic E-state index is 0. The van der Waals surface area contributed by atoms with Crippen molar-refractivity contribution in [3.63, 3.8) is 0 Å². The Hall–Kier alpha value is 0.533. The van der Waals surface area contributed by atoms with Crippen molar-refractivity contribution in [3.05, 3.63) is 0 Å². The Morgan fingerprint density at radius 1 is 0.676 bits per heavy atom.